The maximum absolute atomic E-state index is 9.13. The van der Waals surface area contributed by atoms with Crippen molar-refractivity contribution in [3.63, 3.8) is 0 Å². The summed E-state index contributed by atoms with van der Waals surface area (Å²) >= 11 is 6.09. The predicted octanol–water partition coefficient (Wildman–Crippen LogP) is 2.62. The van der Waals surface area contributed by atoms with E-state index in [4.69, 9.17) is 10.2 Å². The summed E-state index contributed by atoms with van der Waals surface area (Å²) in [6.07, 6.45) is 0. The zero-order chi connectivity index (χ0) is 7.72. The Morgan fingerprint density at radius 1 is 1.10 bits per heavy atom. The molecule has 0 unspecified atom stereocenters. The molecular weight excluding hydrogens is 264 g/mol. The molecule has 0 atom stereocenters. The van der Waals surface area contributed by atoms with Gasteiger partial charge in [0.2, 0.25) is 0 Å². The SMILES string of the molecule is Oc1ccc(Br)c(O)c1Br. The molecule has 0 saturated heterocycles. The Kier molecular flexibility index (Phi) is 2.21. The van der Waals surface area contributed by atoms with Crippen molar-refractivity contribution in [2.45, 2.75) is 0 Å². The van der Waals surface area contributed by atoms with Crippen LogP contribution < -0.4 is 0 Å². The fourth-order valence-corrected chi connectivity index (χ4v) is 1.47. The highest BCUT2D eigenvalue weighted by Gasteiger charge is 2.05. The van der Waals surface area contributed by atoms with Gasteiger partial charge in [0.1, 0.15) is 16.0 Å². The summed E-state index contributed by atoms with van der Waals surface area (Å²) < 4.78 is 0.860. The summed E-state index contributed by atoms with van der Waals surface area (Å²) in [6.45, 7) is 0. The second-order valence-corrected chi connectivity index (χ2v) is 3.38. The Morgan fingerprint density at radius 3 is 2.20 bits per heavy atom. The molecule has 1 aromatic carbocycles. The quantitative estimate of drug-likeness (QED) is 0.759. The van der Waals surface area contributed by atoms with E-state index >= 15 is 0 Å². The number of hydrogen-bond acceptors (Lipinski definition) is 2. The molecule has 0 aliphatic carbocycles. The van der Waals surface area contributed by atoms with Gasteiger partial charge >= 0.3 is 0 Å². The molecular formula is C6H4Br2O2. The minimum atomic E-state index is 0.0139. The van der Waals surface area contributed by atoms with Crippen molar-refractivity contribution < 1.29 is 10.2 Å². The summed E-state index contributed by atoms with van der Waals surface area (Å²) in [7, 11) is 0. The second-order valence-electron chi connectivity index (χ2n) is 1.73. The number of halogens is 2. The van der Waals surface area contributed by atoms with Gasteiger partial charge in [-0.25, -0.2) is 0 Å². The number of hydrogen-bond donors (Lipinski definition) is 2. The van der Waals surface area contributed by atoms with Gasteiger partial charge in [-0.2, -0.15) is 0 Å². The highest BCUT2D eigenvalue weighted by molar-refractivity contribution is 9.11. The molecule has 0 radical (unpaired) electrons. The van der Waals surface area contributed by atoms with E-state index < -0.39 is 0 Å². The first-order valence-electron chi connectivity index (χ1n) is 2.49. The van der Waals surface area contributed by atoms with Crippen LogP contribution in [0.5, 0.6) is 11.5 Å². The van der Waals surface area contributed by atoms with Gasteiger partial charge < -0.3 is 10.2 Å². The van der Waals surface area contributed by atoms with Crippen molar-refractivity contribution in [1.29, 1.82) is 0 Å². The van der Waals surface area contributed by atoms with Gasteiger partial charge in [0.15, 0.2) is 0 Å². The average Bonchev–Trinajstić information content (AvgIpc) is 1.93. The minimum Gasteiger partial charge on any atom is -0.507 e. The molecule has 1 aromatic rings. The highest BCUT2D eigenvalue weighted by Crippen LogP contribution is 2.37. The fraction of sp³-hybridized carbons (Fsp3) is 0. The third kappa shape index (κ3) is 1.27. The maximum Gasteiger partial charge on any atom is 0.147 e. The molecule has 0 aliphatic rings. The third-order valence-electron chi connectivity index (χ3n) is 1.05. The van der Waals surface area contributed by atoms with Crippen LogP contribution in [0.25, 0.3) is 0 Å². The Balaban J connectivity index is 3.34. The van der Waals surface area contributed by atoms with Gasteiger partial charge in [-0.05, 0) is 44.0 Å². The van der Waals surface area contributed by atoms with E-state index in [0.717, 1.165) is 0 Å². The molecule has 0 spiro atoms. The smallest absolute Gasteiger partial charge is 0.147 e. The van der Waals surface area contributed by atoms with Gasteiger partial charge in [-0.1, -0.05) is 0 Å². The van der Waals surface area contributed by atoms with Crippen LogP contribution in [0, 0.1) is 0 Å². The Morgan fingerprint density at radius 2 is 1.70 bits per heavy atom. The van der Waals surface area contributed by atoms with E-state index in [1.54, 1.807) is 6.07 Å². The van der Waals surface area contributed by atoms with Crippen molar-refractivity contribution in [2.75, 3.05) is 0 Å². The number of phenols is 2. The van der Waals surface area contributed by atoms with Crippen LogP contribution >= 0.6 is 31.9 Å². The van der Waals surface area contributed by atoms with Crippen molar-refractivity contribution in [2.24, 2.45) is 0 Å². The van der Waals surface area contributed by atoms with Crippen LogP contribution in [0.15, 0.2) is 21.1 Å². The lowest BCUT2D eigenvalue weighted by Gasteiger charge is -2.00. The zero-order valence-electron chi connectivity index (χ0n) is 4.81. The lowest BCUT2D eigenvalue weighted by atomic mass is 10.3. The standard InChI is InChI=1S/C6H4Br2O2/c7-3-1-2-4(9)5(8)6(3)10/h1-2,9-10H. The molecule has 0 saturated carbocycles. The molecule has 4 heteroatoms. The molecule has 10 heavy (non-hydrogen) atoms. The number of benzene rings is 1. The first kappa shape index (κ1) is 7.88. The maximum atomic E-state index is 9.13. The van der Waals surface area contributed by atoms with Gasteiger partial charge in [0.05, 0.1) is 4.47 Å². The molecule has 0 bridgehead atoms. The van der Waals surface area contributed by atoms with Crippen molar-refractivity contribution in [3.8, 4) is 11.5 Å². The summed E-state index contributed by atoms with van der Waals surface area (Å²) in [4.78, 5) is 0. The topological polar surface area (TPSA) is 40.5 Å². The largest absolute Gasteiger partial charge is 0.507 e. The average molecular weight is 268 g/mol. The lowest BCUT2D eigenvalue weighted by molar-refractivity contribution is 0.442. The van der Waals surface area contributed by atoms with E-state index in [9.17, 15) is 0 Å². The molecule has 0 aliphatic heterocycles. The van der Waals surface area contributed by atoms with Crippen LogP contribution in [-0.4, -0.2) is 10.2 Å². The monoisotopic (exact) mass is 266 g/mol. The summed E-state index contributed by atoms with van der Waals surface area (Å²) in [5.41, 5.74) is 0. The highest BCUT2D eigenvalue weighted by atomic mass is 79.9. The van der Waals surface area contributed by atoms with Crippen LogP contribution in [0.3, 0.4) is 0 Å². The number of phenolic OH excluding ortho intramolecular Hbond substituents is 2. The normalized spacial score (nSPS) is 9.80. The van der Waals surface area contributed by atoms with Gasteiger partial charge in [0.25, 0.3) is 0 Å². The molecule has 0 aromatic heterocycles. The van der Waals surface area contributed by atoms with Crippen LogP contribution in [0.4, 0.5) is 0 Å². The van der Waals surface area contributed by atoms with E-state index in [1.807, 2.05) is 0 Å². The minimum absolute atomic E-state index is 0.0139. The number of aromatic hydroxyl groups is 2. The van der Waals surface area contributed by atoms with E-state index in [2.05, 4.69) is 31.9 Å². The number of rotatable bonds is 0. The molecule has 0 fully saturated rings. The molecule has 1 rings (SSSR count). The lowest BCUT2D eigenvalue weighted by Crippen LogP contribution is -1.72. The predicted molar refractivity (Wildman–Crippen MR) is 45.2 cm³/mol. The third-order valence-corrected chi connectivity index (χ3v) is 2.47. The summed E-state index contributed by atoms with van der Waals surface area (Å²) in [6, 6.07) is 3.04. The first-order valence-corrected chi connectivity index (χ1v) is 4.07. The van der Waals surface area contributed by atoms with Gasteiger partial charge in [-0.15, -0.1) is 0 Å². The first-order chi connectivity index (χ1) is 4.63. The van der Waals surface area contributed by atoms with Crippen molar-refractivity contribution in [1.82, 2.24) is 0 Å². The zero-order valence-corrected chi connectivity index (χ0v) is 7.98. The Hall–Kier alpha value is -0.220. The van der Waals surface area contributed by atoms with Crippen LogP contribution in [0.1, 0.15) is 0 Å². The van der Waals surface area contributed by atoms with E-state index in [-0.39, 0.29) is 11.5 Å². The summed E-state index contributed by atoms with van der Waals surface area (Å²) in [5.74, 6) is 0.0423. The molecule has 0 amide bonds. The Labute approximate surface area is 74.8 Å². The van der Waals surface area contributed by atoms with Crippen LogP contribution in [-0.2, 0) is 0 Å². The Bertz CT molecular complexity index is 233. The van der Waals surface area contributed by atoms with Gasteiger partial charge in [-0.3, -0.25) is 0 Å². The second kappa shape index (κ2) is 2.80. The molecule has 0 heterocycles. The van der Waals surface area contributed by atoms with E-state index in [1.165, 1.54) is 6.07 Å². The van der Waals surface area contributed by atoms with Gasteiger partial charge in [0, 0.05) is 0 Å². The molecule has 54 valence electrons. The van der Waals surface area contributed by atoms with Crippen molar-refractivity contribution >= 4 is 31.9 Å². The van der Waals surface area contributed by atoms with E-state index in [0.29, 0.717) is 8.95 Å². The van der Waals surface area contributed by atoms with Crippen LogP contribution in [0.2, 0.25) is 0 Å². The fourth-order valence-electron chi connectivity index (χ4n) is 0.530. The summed E-state index contributed by atoms with van der Waals surface area (Å²) in [5, 5.41) is 18.1. The molecule has 2 N–H and O–H groups in total. The van der Waals surface area contributed by atoms with Crippen molar-refractivity contribution in [3.05, 3.63) is 21.1 Å². The molecule has 2 nitrogen and oxygen atoms in total.